The first kappa shape index (κ1) is 8.48. The summed E-state index contributed by atoms with van der Waals surface area (Å²) in [5.74, 6) is 0. The number of ether oxygens (including phenoxy) is 1. The Morgan fingerprint density at radius 2 is 1.75 bits per heavy atom. The van der Waals surface area contributed by atoms with Gasteiger partial charge in [0, 0.05) is 19.6 Å². The molecule has 0 bridgehead atoms. The molecule has 2 aliphatic rings. The average Bonchev–Trinajstić information content (AvgIpc) is 2.40. The van der Waals surface area contributed by atoms with Crippen LogP contribution in [0.25, 0.3) is 0 Å². The molecule has 2 saturated heterocycles. The Hall–Kier alpha value is -0.120. The van der Waals surface area contributed by atoms with Gasteiger partial charge in [0.25, 0.3) is 0 Å². The van der Waals surface area contributed by atoms with E-state index < -0.39 is 0 Å². The number of hydrogen-bond donors (Lipinski definition) is 0. The van der Waals surface area contributed by atoms with Gasteiger partial charge in [-0.3, -0.25) is 4.90 Å². The van der Waals surface area contributed by atoms with Crippen molar-refractivity contribution < 1.29 is 4.74 Å². The fourth-order valence-electron chi connectivity index (χ4n) is 2.16. The molecule has 0 N–H and O–H groups in total. The van der Waals surface area contributed by atoms with E-state index in [1.54, 1.807) is 0 Å². The number of piperidine rings is 1. The van der Waals surface area contributed by atoms with E-state index in [2.05, 4.69) is 23.9 Å². The quantitative estimate of drug-likeness (QED) is 0.522. The van der Waals surface area contributed by atoms with Crippen LogP contribution in [-0.2, 0) is 4.74 Å². The van der Waals surface area contributed by atoms with E-state index in [4.69, 9.17) is 4.74 Å². The highest BCUT2D eigenvalue weighted by Crippen LogP contribution is 2.30. The molecule has 0 aromatic heterocycles. The normalized spacial score (nSPS) is 31.5. The third kappa shape index (κ3) is 1.49. The second-order valence-electron chi connectivity index (χ2n) is 4.27. The smallest absolute Gasteiger partial charge is 0.0997 e. The SMILES string of the molecule is CN1CCC2(CC1)CN(C)CO2. The van der Waals surface area contributed by atoms with E-state index in [0.29, 0.717) is 0 Å². The maximum Gasteiger partial charge on any atom is 0.0997 e. The van der Waals surface area contributed by atoms with Crippen molar-refractivity contribution in [2.24, 2.45) is 0 Å². The molecule has 2 heterocycles. The summed E-state index contributed by atoms with van der Waals surface area (Å²) in [4.78, 5) is 4.65. The van der Waals surface area contributed by atoms with E-state index in [1.165, 1.54) is 25.9 Å². The minimum atomic E-state index is 0.210. The Labute approximate surface area is 74.3 Å². The molecule has 3 nitrogen and oxygen atoms in total. The minimum Gasteiger partial charge on any atom is -0.358 e. The van der Waals surface area contributed by atoms with E-state index in [-0.39, 0.29) is 5.60 Å². The lowest BCUT2D eigenvalue weighted by atomic mass is 9.92. The average molecular weight is 170 g/mol. The maximum atomic E-state index is 5.84. The Kier molecular flexibility index (Phi) is 2.10. The zero-order valence-electron chi connectivity index (χ0n) is 8.05. The molecule has 2 aliphatic heterocycles. The molecule has 2 fully saturated rings. The van der Waals surface area contributed by atoms with Crippen LogP contribution in [0.4, 0.5) is 0 Å². The largest absolute Gasteiger partial charge is 0.358 e. The van der Waals surface area contributed by atoms with Gasteiger partial charge in [0.1, 0.15) is 0 Å². The molecular formula is C9H18N2O. The maximum absolute atomic E-state index is 5.84. The van der Waals surface area contributed by atoms with Crippen molar-refractivity contribution >= 4 is 0 Å². The minimum absolute atomic E-state index is 0.210. The summed E-state index contributed by atoms with van der Waals surface area (Å²) < 4.78 is 5.84. The molecule has 0 aliphatic carbocycles. The van der Waals surface area contributed by atoms with Crippen LogP contribution in [0.2, 0.25) is 0 Å². The molecule has 0 aromatic rings. The van der Waals surface area contributed by atoms with E-state index in [9.17, 15) is 0 Å². The second kappa shape index (κ2) is 2.98. The van der Waals surface area contributed by atoms with Crippen molar-refractivity contribution in [1.82, 2.24) is 9.80 Å². The topological polar surface area (TPSA) is 15.7 Å². The van der Waals surface area contributed by atoms with Gasteiger partial charge in [-0.1, -0.05) is 0 Å². The van der Waals surface area contributed by atoms with Crippen LogP contribution in [0.5, 0.6) is 0 Å². The van der Waals surface area contributed by atoms with Crippen LogP contribution in [0.15, 0.2) is 0 Å². The third-order valence-electron chi connectivity index (χ3n) is 3.05. The molecule has 0 atom stereocenters. The number of likely N-dealkylation sites (tertiary alicyclic amines) is 1. The lowest BCUT2D eigenvalue weighted by Gasteiger charge is -2.36. The molecule has 0 saturated carbocycles. The van der Waals surface area contributed by atoms with Gasteiger partial charge < -0.3 is 9.64 Å². The van der Waals surface area contributed by atoms with Crippen LogP contribution in [0, 0.1) is 0 Å². The Bertz CT molecular complexity index is 164. The van der Waals surface area contributed by atoms with Gasteiger partial charge in [-0.25, -0.2) is 0 Å². The highest BCUT2D eigenvalue weighted by molar-refractivity contribution is 4.91. The summed E-state index contributed by atoms with van der Waals surface area (Å²) in [5, 5.41) is 0. The predicted molar refractivity (Wildman–Crippen MR) is 48.0 cm³/mol. The molecular weight excluding hydrogens is 152 g/mol. The van der Waals surface area contributed by atoms with Crippen LogP contribution in [-0.4, -0.2) is 55.9 Å². The van der Waals surface area contributed by atoms with Crippen LogP contribution in [0.3, 0.4) is 0 Å². The summed E-state index contributed by atoms with van der Waals surface area (Å²) in [6, 6.07) is 0. The van der Waals surface area contributed by atoms with Gasteiger partial charge in [0.2, 0.25) is 0 Å². The Morgan fingerprint density at radius 3 is 2.25 bits per heavy atom. The standard InChI is InChI=1S/C9H18N2O/c1-10-5-3-9(4-6-10)7-11(2)8-12-9/h3-8H2,1-2H3. The van der Waals surface area contributed by atoms with Crippen molar-refractivity contribution in [2.75, 3.05) is 40.5 Å². The lowest BCUT2D eigenvalue weighted by molar-refractivity contribution is -0.0346. The fourth-order valence-corrected chi connectivity index (χ4v) is 2.16. The molecule has 0 radical (unpaired) electrons. The summed E-state index contributed by atoms with van der Waals surface area (Å²) >= 11 is 0. The zero-order chi connectivity index (χ0) is 8.60. The summed E-state index contributed by atoms with van der Waals surface area (Å²) in [7, 11) is 4.32. The Morgan fingerprint density at radius 1 is 1.08 bits per heavy atom. The summed E-state index contributed by atoms with van der Waals surface area (Å²) in [5.41, 5.74) is 0.210. The lowest BCUT2D eigenvalue weighted by Crippen LogP contribution is -2.45. The fraction of sp³-hybridized carbons (Fsp3) is 1.00. The van der Waals surface area contributed by atoms with Crippen LogP contribution in [0.1, 0.15) is 12.8 Å². The Balaban J connectivity index is 1.95. The number of hydrogen-bond acceptors (Lipinski definition) is 3. The van der Waals surface area contributed by atoms with Crippen molar-refractivity contribution in [3.63, 3.8) is 0 Å². The molecule has 0 amide bonds. The molecule has 70 valence electrons. The van der Waals surface area contributed by atoms with Crippen LogP contribution >= 0.6 is 0 Å². The van der Waals surface area contributed by atoms with Gasteiger partial charge in [-0.2, -0.15) is 0 Å². The van der Waals surface area contributed by atoms with E-state index in [0.717, 1.165) is 13.3 Å². The number of nitrogens with zero attached hydrogens (tertiary/aromatic N) is 2. The molecule has 2 rings (SSSR count). The number of rotatable bonds is 0. The third-order valence-corrected chi connectivity index (χ3v) is 3.05. The number of likely N-dealkylation sites (N-methyl/N-ethyl adjacent to an activating group) is 1. The van der Waals surface area contributed by atoms with Gasteiger partial charge in [-0.05, 0) is 26.9 Å². The molecule has 0 aromatic carbocycles. The molecule has 0 unspecified atom stereocenters. The van der Waals surface area contributed by atoms with Gasteiger partial charge in [0.15, 0.2) is 0 Å². The molecule has 1 spiro atoms. The van der Waals surface area contributed by atoms with Crippen molar-refractivity contribution in [2.45, 2.75) is 18.4 Å². The van der Waals surface area contributed by atoms with Gasteiger partial charge in [0.05, 0.1) is 12.3 Å². The van der Waals surface area contributed by atoms with Crippen molar-refractivity contribution in [3.8, 4) is 0 Å². The first-order valence-electron chi connectivity index (χ1n) is 4.71. The highest BCUT2D eigenvalue weighted by atomic mass is 16.5. The van der Waals surface area contributed by atoms with Crippen LogP contribution < -0.4 is 0 Å². The van der Waals surface area contributed by atoms with E-state index >= 15 is 0 Å². The summed E-state index contributed by atoms with van der Waals surface area (Å²) in [6.45, 7) is 4.33. The van der Waals surface area contributed by atoms with Crippen molar-refractivity contribution in [1.29, 1.82) is 0 Å². The van der Waals surface area contributed by atoms with Gasteiger partial charge >= 0.3 is 0 Å². The van der Waals surface area contributed by atoms with E-state index in [1.807, 2.05) is 0 Å². The summed E-state index contributed by atoms with van der Waals surface area (Å²) in [6.07, 6.45) is 2.40. The monoisotopic (exact) mass is 170 g/mol. The van der Waals surface area contributed by atoms with Crippen molar-refractivity contribution in [3.05, 3.63) is 0 Å². The molecule has 12 heavy (non-hydrogen) atoms. The predicted octanol–water partition coefficient (Wildman–Crippen LogP) is 0.370. The second-order valence-corrected chi connectivity index (χ2v) is 4.27. The zero-order valence-corrected chi connectivity index (χ0v) is 8.05. The first-order valence-corrected chi connectivity index (χ1v) is 4.71. The molecule has 3 heteroatoms. The first-order chi connectivity index (χ1) is 5.70. The van der Waals surface area contributed by atoms with Gasteiger partial charge in [-0.15, -0.1) is 0 Å². The highest BCUT2D eigenvalue weighted by Gasteiger charge is 2.39.